The molecule has 1 saturated carbocycles. The maximum atomic E-state index is 12.6. The van der Waals surface area contributed by atoms with E-state index < -0.39 is 17.5 Å². The van der Waals surface area contributed by atoms with Crippen molar-refractivity contribution < 1.29 is 19.1 Å². The number of nitrogen functional groups attached to an aromatic ring is 1. The number of hydrogen-bond donors (Lipinski definition) is 1. The number of carbonyl (C=O) groups is 2. The molecule has 2 rings (SSSR count). The van der Waals surface area contributed by atoms with Crippen molar-refractivity contribution in [2.24, 2.45) is 0 Å². The van der Waals surface area contributed by atoms with E-state index in [-0.39, 0.29) is 17.4 Å². The molecule has 6 heteroatoms. The first-order chi connectivity index (χ1) is 11.2. The first-order valence-electron chi connectivity index (χ1n) is 8.57. The van der Waals surface area contributed by atoms with Gasteiger partial charge in [0.2, 0.25) is 0 Å². The Labute approximate surface area is 147 Å². The molecule has 0 unspecified atom stereocenters. The number of anilines is 1. The molecule has 1 aliphatic carbocycles. The van der Waals surface area contributed by atoms with E-state index in [1.54, 1.807) is 27.7 Å². The van der Waals surface area contributed by atoms with Crippen LogP contribution in [-0.2, 0) is 9.47 Å². The van der Waals surface area contributed by atoms with Gasteiger partial charge in [-0.2, -0.15) is 0 Å². The maximum Gasteiger partial charge on any atom is 0.349 e. The zero-order valence-corrected chi connectivity index (χ0v) is 15.8. The topological polar surface area (TPSA) is 78.6 Å². The van der Waals surface area contributed by atoms with E-state index in [2.05, 4.69) is 0 Å². The molecule has 0 aliphatic heterocycles. The number of esters is 2. The summed E-state index contributed by atoms with van der Waals surface area (Å²) in [5, 5.41) is 0.533. The minimum Gasteiger partial charge on any atom is -0.462 e. The summed E-state index contributed by atoms with van der Waals surface area (Å²) in [6.07, 6.45) is 5.41. The Balaban J connectivity index is 2.46. The zero-order valence-electron chi connectivity index (χ0n) is 14.9. The fourth-order valence-electron chi connectivity index (χ4n) is 3.13. The molecule has 1 fully saturated rings. The van der Waals surface area contributed by atoms with E-state index in [0.717, 1.165) is 42.6 Å². The third kappa shape index (κ3) is 4.29. The highest BCUT2D eigenvalue weighted by molar-refractivity contribution is 7.18. The van der Waals surface area contributed by atoms with Crippen LogP contribution in [0.1, 0.15) is 91.3 Å². The fraction of sp³-hybridized carbons (Fsp3) is 0.667. The highest BCUT2D eigenvalue weighted by Crippen LogP contribution is 2.43. The quantitative estimate of drug-likeness (QED) is 0.806. The molecule has 0 bridgehead atoms. The smallest absolute Gasteiger partial charge is 0.349 e. The number of carbonyl (C=O) groups excluding carboxylic acids is 2. The van der Waals surface area contributed by atoms with Gasteiger partial charge in [-0.25, -0.2) is 9.59 Å². The standard InChI is InChI=1S/C18H27NO4S/c1-5-22-16(20)13-12(11-9-7-6-8-10-11)15(19)24-14(13)17(21)23-18(2,3)4/h11H,5-10,19H2,1-4H3. The summed E-state index contributed by atoms with van der Waals surface area (Å²) in [4.78, 5) is 25.4. The number of nitrogens with two attached hydrogens (primary N) is 1. The van der Waals surface area contributed by atoms with Crippen LogP contribution in [0.4, 0.5) is 5.00 Å². The number of hydrogen-bond acceptors (Lipinski definition) is 6. The van der Waals surface area contributed by atoms with Crippen LogP contribution in [0.25, 0.3) is 0 Å². The lowest BCUT2D eigenvalue weighted by Gasteiger charge is -2.23. The lowest BCUT2D eigenvalue weighted by molar-refractivity contribution is 0.00702. The number of ether oxygens (including phenoxy) is 2. The van der Waals surface area contributed by atoms with Crippen molar-refractivity contribution in [3.05, 3.63) is 16.0 Å². The monoisotopic (exact) mass is 353 g/mol. The van der Waals surface area contributed by atoms with E-state index in [4.69, 9.17) is 15.2 Å². The second kappa shape index (κ2) is 7.55. The summed E-state index contributed by atoms with van der Waals surface area (Å²) in [5.74, 6) is -0.776. The van der Waals surface area contributed by atoms with Crippen molar-refractivity contribution in [2.75, 3.05) is 12.3 Å². The molecule has 1 aromatic heterocycles. The highest BCUT2D eigenvalue weighted by atomic mass is 32.1. The average Bonchev–Trinajstić information content (AvgIpc) is 2.84. The summed E-state index contributed by atoms with van der Waals surface area (Å²) < 4.78 is 10.7. The molecule has 1 heterocycles. The third-order valence-electron chi connectivity index (χ3n) is 4.05. The molecule has 1 aromatic rings. The Morgan fingerprint density at radius 2 is 1.79 bits per heavy atom. The first-order valence-corrected chi connectivity index (χ1v) is 9.38. The van der Waals surface area contributed by atoms with Gasteiger partial charge in [0.15, 0.2) is 0 Å². The Hall–Kier alpha value is -1.56. The molecule has 2 N–H and O–H groups in total. The minimum atomic E-state index is -0.632. The van der Waals surface area contributed by atoms with Gasteiger partial charge in [0, 0.05) is 5.56 Å². The molecule has 5 nitrogen and oxygen atoms in total. The van der Waals surface area contributed by atoms with Gasteiger partial charge in [-0.1, -0.05) is 19.3 Å². The first kappa shape index (κ1) is 18.8. The molecule has 0 saturated heterocycles. The van der Waals surface area contributed by atoms with Crippen LogP contribution in [0.2, 0.25) is 0 Å². The summed E-state index contributed by atoms with van der Waals surface area (Å²) in [6, 6.07) is 0. The van der Waals surface area contributed by atoms with Gasteiger partial charge >= 0.3 is 11.9 Å². The average molecular weight is 353 g/mol. The predicted molar refractivity (Wildman–Crippen MR) is 95.7 cm³/mol. The second-order valence-electron chi connectivity index (χ2n) is 7.14. The van der Waals surface area contributed by atoms with Gasteiger partial charge in [-0.3, -0.25) is 0 Å². The fourth-order valence-corrected chi connectivity index (χ4v) is 4.15. The molecular formula is C18H27NO4S. The normalized spacial score (nSPS) is 16.0. The molecule has 0 atom stereocenters. The van der Waals surface area contributed by atoms with Crippen molar-refractivity contribution >= 4 is 28.3 Å². The van der Waals surface area contributed by atoms with Crippen molar-refractivity contribution in [2.45, 2.75) is 71.3 Å². The van der Waals surface area contributed by atoms with Gasteiger partial charge in [-0.05, 0) is 46.5 Å². The molecule has 0 aromatic carbocycles. The molecule has 24 heavy (non-hydrogen) atoms. The summed E-state index contributed by atoms with van der Waals surface area (Å²) in [5.41, 5.74) is 6.69. The van der Waals surface area contributed by atoms with Crippen LogP contribution in [0.15, 0.2) is 0 Å². The summed E-state index contributed by atoms with van der Waals surface area (Å²) >= 11 is 1.14. The van der Waals surface area contributed by atoms with Crippen LogP contribution in [0.3, 0.4) is 0 Å². The van der Waals surface area contributed by atoms with E-state index in [9.17, 15) is 9.59 Å². The zero-order chi connectivity index (χ0) is 17.9. The molecule has 0 spiro atoms. The molecule has 0 amide bonds. The second-order valence-corrected chi connectivity index (χ2v) is 8.19. The van der Waals surface area contributed by atoms with E-state index >= 15 is 0 Å². The Morgan fingerprint density at radius 1 is 1.17 bits per heavy atom. The van der Waals surface area contributed by atoms with Crippen LogP contribution >= 0.6 is 11.3 Å². The van der Waals surface area contributed by atoms with Gasteiger partial charge in [-0.15, -0.1) is 11.3 Å². The van der Waals surface area contributed by atoms with Gasteiger partial charge in [0.05, 0.1) is 17.2 Å². The summed E-state index contributed by atoms with van der Waals surface area (Å²) in [6.45, 7) is 7.41. The molecule has 1 aliphatic rings. The lowest BCUT2D eigenvalue weighted by atomic mass is 9.83. The largest absolute Gasteiger partial charge is 0.462 e. The number of rotatable bonds is 4. The van der Waals surface area contributed by atoms with Crippen LogP contribution in [0, 0.1) is 0 Å². The van der Waals surface area contributed by atoms with Gasteiger partial charge in [0.25, 0.3) is 0 Å². The highest BCUT2D eigenvalue weighted by Gasteiger charge is 2.34. The Kier molecular flexibility index (Phi) is 5.91. The van der Waals surface area contributed by atoms with Crippen molar-refractivity contribution in [1.82, 2.24) is 0 Å². The Bertz CT molecular complexity index is 609. The third-order valence-corrected chi connectivity index (χ3v) is 5.07. The van der Waals surface area contributed by atoms with Crippen LogP contribution < -0.4 is 5.73 Å². The Morgan fingerprint density at radius 3 is 2.33 bits per heavy atom. The lowest BCUT2D eigenvalue weighted by Crippen LogP contribution is -2.25. The SMILES string of the molecule is CCOC(=O)c1c(C(=O)OC(C)(C)C)sc(N)c1C1CCCCC1. The van der Waals surface area contributed by atoms with E-state index in [1.165, 1.54) is 6.42 Å². The molecule has 134 valence electrons. The molecule has 0 radical (unpaired) electrons. The molecular weight excluding hydrogens is 326 g/mol. The van der Waals surface area contributed by atoms with Crippen LogP contribution in [0.5, 0.6) is 0 Å². The van der Waals surface area contributed by atoms with Crippen LogP contribution in [-0.4, -0.2) is 24.1 Å². The van der Waals surface area contributed by atoms with Crippen molar-refractivity contribution in [1.29, 1.82) is 0 Å². The number of thiophene rings is 1. The summed E-state index contributed by atoms with van der Waals surface area (Å²) in [7, 11) is 0. The van der Waals surface area contributed by atoms with Gasteiger partial charge in [0.1, 0.15) is 10.5 Å². The minimum absolute atomic E-state index is 0.214. The van der Waals surface area contributed by atoms with Gasteiger partial charge < -0.3 is 15.2 Å². The van der Waals surface area contributed by atoms with E-state index in [0.29, 0.717) is 10.6 Å². The van der Waals surface area contributed by atoms with Crippen molar-refractivity contribution in [3.8, 4) is 0 Å². The predicted octanol–water partition coefficient (Wildman–Crippen LogP) is 4.51. The maximum absolute atomic E-state index is 12.6. The van der Waals surface area contributed by atoms with E-state index in [1.807, 2.05) is 0 Å². The van der Waals surface area contributed by atoms with Crippen molar-refractivity contribution in [3.63, 3.8) is 0 Å².